The molecule has 0 saturated heterocycles. The van der Waals surface area contributed by atoms with Crippen molar-refractivity contribution in [2.75, 3.05) is 20.8 Å². The summed E-state index contributed by atoms with van der Waals surface area (Å²) in [4.78, 5) is 23.8. The van der Waals surface area contributed by atoms with E-state index in [0.717, 1.165) is 5.56 Å². The summed E-state index contributed by atoms with van der Waals surface area (Å²) in [5.41, 5.74) is 4.55. The first-order chi connectivity index (χ1) is 12.5. The normalized spacial score (nSPS) is 10.4. The summed E-state index contributed by atoms with van der Waals surface area (Å²) in [6.07, 6.45) is 1.45. The molecule has 0 radical (unpaired) electrons. The van der Waals surface area contributed by atoms with Crippen molar-refractivity contribution >= 4 is 18.0 Å². The summed E-state index contributed by atoms with van der Waals surface area (Å²) < 4.78 is 10.5. The lowest BCUT2D eigenvalue weighted by Crippen LogP contribution is -2.34. The molecule has 2 rings (SSSR count). The van der Waals surface area contributed by atoms with E-state index < -0.39 is 5.91 Å². The van der Waals surface area contributed by atoms with Crippen molar-refractivity contribution in [2.45, 2.75) is 6.92 Å². The number of hydrogen-bond acceptors (Lipinski definition) is 5. The first kappa shape index (κ1) is 19.0. The number of rotatable bonds is 7. The Morgan fingerprint density at radius 1 is 1.08 bits per heavy atom. The van der Waals surface area contributed by atoms with Crippen molar-refractivity contribution in [3.05, 3.63) is 59.2 Å². The lowest BCUT2D eigenvalue weighted by molar-refractivity contribution is -0.120. The lowest BCUT2D eigenvalue weighted by Gasteiger charge is -2.09. The molecular formula is C19H21N3O4. The van der Waals surface area contributed by atoms with E-state index in [4.69, 9.17) is 9.47 Å². The van der Waals surface area contributed by atoms with Gasteiger partial charge >= 0.3 is 0 Å². The Balaban J connectivity index is 1.88. The highest BCUT2D eigenvalue weighted by atomic mass is 16.5. The van der Waals surface area contributed by atoms with E-state index in [1.165, 1.54) is 20.4 Å². The zero-order valence-electron chi connectivity index (χ0n) is 14.9. The number of amides is 2. The van der Waals surface area contributed by atoms with Crippen LogP contribution < -0.4 is 20.2 Å². The van der Waals surface area contributed by atoms with Crippen LogP contribution >= 0.6 is 0 Å². The second-order valence-corrected chi connectivity index (χ2v) is 5.42. The van der Waals surface area contributed by atoms with Gasteiger partial charge in [-0.1, -0.05) is 23.8 Å². The van der Waals surface area contributed by atoms with E-state index in [1.54, 1.807) is 30.3 Å². The van der Waals surface area contributed by atoms with Crippen molar-refractivity contribution < 1.29 is 19.1 Å². The summed E-state index contributed by atoms with van der Waals surface area (Å²) >= 11 is 0. The predicted molar refractivity (Wildman–Crippen MR) is 98.8 cm³/mol. The van der Waals surface area contributed by atoms with E-state index in [-0.39, 0.29) is 12.5 Å². The molecule has 0 unspecified atom stereocenters. The van der Waals surface area contributed by atoms with Crippen LogP contribution in [0.4, 0.5) is 0 Å². The lowest BCUT2D eigenvalue weighted by atomic mass is 10.1. The SMILES string of the molecule is COc1cccc(/C=N/NC(=O)CNC(=O)c2ccc(C)cc2)c1OC. The molecule has 0 atom stereocenters. The fourth-order valence-electron chi connectivity index (χ4n) is 2.19. The number of ether oxygens (including phenoxy) is 2. The maximum atomic E-state index is 11.9. The van der Waals surface area contributed by atoms with E-state index >= 15 is 0 Å². The molecule has 2 aromatic rings. The largest absolute Gasteiger partial charge is 0.493 e. The number of benzene rings is 2. The first-order valence-corrected chi connectivity index (χ1v) is 7.93. The van der Waals surface area contributed by atoms with Gasteiger partial charge in [-0.2, -0.15) is 5.10 Å². The molecule has 0 saturated carbocycles. The summed E-state index contributed by atoms with van der Waals surface area (Å²) in [5.74, 6) is 0.316. The van der Waals surface area contributed by atoms with Crippen molar-refractivity contribution in [2.24, 2.45) is 5.10 Å². The average molecular weight is 355 g/mol. The molecular weight excluding hydrogens is 334 g/mol. The molecule has 0 aliphatic carbocycles. The highest BCUT2D eigenvalue weighted by Gasteiger charge is 2.09. The third kappa shape index (κ3) is 5.07. The van der Waals surface area contributed by atoms with E-state index in [0.29, 0.717) is 22.6 Å². The van der Waals surface area contributed by atoms with Crippen LogP contribution in [0.5, 0.6) is 11.5 Å². The Morgan fingerprint density at radius 3 is 2.46 bits per heavy atom. The van der Waals surface area contributed by atoms with Crippen LogP contribution in [-0.2, 0) is 4.79 Å². The van der Waals surface area contributed by atoms with Crippen LogP contribution in [-0.4, -0.2) is 38.8 Å². The molecule has 2 amide bonds. The Morgan fingerprint density at radius 2 is 1.81 bits per heavy atom. The molecule has 2 aromatic carbocycles. The first-order valence-electron chi connectivity index (χ1n) is 7.93. The van der Waals surface area contributed by atoms with Gasteiger partial charge in [-0.05, 0) is 31.2 Å². The van der Waals surface area contributed by atoms with Crippen LogP contribution in [0, 0.1) is 6.92 Å². The third-order valence-corrected chi connectivity index (χ3v) is 3.55. The quantitative estimate of drug-likeness (QED) is 0.586. The maximum Gasteiger partial charge on any atom is 0.259 e. The number of hydrogen-bond donors (Lipinski definition) is 2. The Labute approximate surface area is 152 Å². The molecule has 136 valence electrons. The molecule has 2 N–H and O–H groups in total. The van der Waals surface area contributed by atoms with Crippen LogP contribution in [0.15, 0.2) is 47.6 Å². The number of carbonyl (C=O) groups excluding carboxylic acids is 2. The third-order valence-electron chi connectivity index (χ3n) is 3.55. The number of nitrogens with zero attached hydrogens (tertiary/aromatic N) is 1. The van der Waals surface area contributed by atoms with Gasteiger partial charge < -0.3 is 14.8 Å². The second kappa shape index (κ2) is 9.22. The molecule has 0 aliphatic heterocycles. The van der Waals surface area contributed by atoms with Crippen LogP contribution in [0.25, 0.3) is 0 Å². The molecule has 26 heavy (non-hydrogen) atoms. The minimum atomic E-state index is -0.441. The Hall–Kier alpha value is -3.35. The molecule has 0 bridgehead atoms. The van der Waals surface area contributed by atoms with E-state index in [2.05, 4.69) is 15.8 Å². The van der Waals surface area contributed by atoms with Gasteiger partial charge in [-0.15, -0.1) is 0 Å². The summed E-state index contributed by atoms with van der Waals surface area (Å²) in [7, 11) is 3.06. The molecule has 0 spiro atoms. The fourth-order valence-corrected chi connectivity index (χ4v) is 2.19. The topological polar surface area (TPSA) is 89.0 Å². The van der Waals surface area contributed by atoms with E-state index in [9.17, 15) is 9.59 Å². The minimum Gasteiger partial charge on any atom is -0.493 e. The summed E-state index contributed by atoms with van der Waals surface area (Å²) in [6, 6.07) is 12.4. The van der Waals surface area contributed by atoms with Crippen LogP contribution in [0.2, 0.25) is 0 Å². The van der Waals surface area contributed by atoms with Crippen molar-refractivity contribution in [3.8, 4) is 11.5 Å². The van der Waals surface area contributed by atoms with Gasteiger partial charge in [-0.3, -0.25) is 9.59 Å². The zero-order chi connectivity index (χ0) is 18.9. The second-order valence-electron chi connectivity index (χ2n) is 5.42. The number of methoxy groups -OCH3 is 2. The molecule has 7 heteroatoms. The number of aryl methyl sites for hydroxylation is 1. The average Bonchev–Trinajstić information content (AvgIpc) is 2.66. The Bertz CT molecular complexity index is 801. The number of carbonyl (C=O) groups is 2. The minimum absolute atomic E-state index is 0.181. The molecule has 0 aromatic heterocycles. The number of hydrazone groups is 1. The molecule has 0 heterocycles. The van der Waals surface area contributed by atoms with Crippen LogP contribution in [0.1, 0.15) is 21.5 Å². The summed E-state index contributed by atoms with van der Waals surface area (Å²) in [6.45, 7) is 1.75. The zero-order valence-corrected chi connectivity index (χ0v) is 14.9. The Kier molecular flexibility index (Phi) is 6.73. The van der Waals surface area contributed by atoms with Crippen molar-refractivity contribution in [1.29, 1.82) is 0 Å². The van der Waals surface area contributed by atoms with Gasteiger partial charge in [0.15, 0.2) is 11.5 Å². The maximum absolute atomic E-state index is 11.9. The number of nitrogens with one attached hydrogen (secondary N) is 2. The van der Waals surface area contributed by atoms with Crippen molar-refractivity contribution in [1.82, 2.24) is 10.7 Å². The number of para-hydroxylation sites is 1. The monoisotopic (exact) mass is 355 g/mol. The molecule has 0 aliphatic rings. The fraction of sp³-hybridized carbons (Fsp3) is 0.211. The standard InChI is InChI=1S/C19H21N3O4/c1-13-7-9-14(10-8-13)19(24)20-12-17(23)22-21-11-15-5-4-6-16(25-2)18(15)26-3/h4-11H,12H2,1-3H3,(H,20,24)(H,22,23)/b21-11+. The highest BCUT2D eigenvalue weighted by molar-refractivity contribution is 5.96. The van der Waals surface area contributed by atoms with Gasteiger partial charge in [-0.25, -0.2) is 5.43 Å². The van der Waals surface area contributed by atoms with Gasteiger partial charge in [0.2, 0.25) is 0 Å². The van der Waals surface area contributed by atoms with Gasteiger partial charge in [0.05, 0.1) is 27.0 Å². The van der Waals surface area contributed by atoms with E-state index in [1.807, 2.05) is 19.1 Å². The smallest absolute Gasteiger partial charge is 0.259 e. The van der Waals surface area contributed by atoms with Crippen molar-refractivity contribution in [3.63, 3.8) is 0 Å². The van der Waals surface area contributed by atoms with Gasteiger partial charge in [0.1, 0.15) is 0 Å². The van der Waals surface area contributed by atoms with Gasteiger partial charge in [0.25, 0.3) is 11.8 Å². The molecule has 0 fully saturated rings. The predicted octanol–water partition coefficient (Wildman–Crippen LogP) is 1.89. The van der Waals surface area contributed by atoms with Gasteiger partial charge in [0, 0.05) is 11.1 Å². The highest BCUT2D eigenvalue weighted by Crippen LogP contribution is 2.29. The summed E-state index contributed by atoms with van der Waals surface area (Å²) in [5, 5.41) is 6.41. The van der Waals surface area contributed by atoms with Crippen LogP contribution in [0.3, 0.4) is 0 Å². The molecule has 7 nitrogen and oxygen atoms in total.